The molecule has 4 nitrogen and oxygen atoms in total. The van der Waals surface area contributed by atoms with Gasteiger partial charge in [-0.05, 0) is 29.3 Å². The summed E-state index contributed by atoms with van der Waals surface area (Å²) in [5, 5.41) is 8.43. The average Bonchev–Trinajstić information content (AvgIpc) is 2.96. The van der Waals surface area contributed by atoms with Gasteiger partial charge in [-0.3, -0.25) is 9.67 Å². The number of nitrogens with zero attached hydrogens (tertiary/aromatic N) is 3. The van der Waals surface area contributed by atoms with Crippen molar-refractivity contribution in [3.63, 3.8) is 0 Å². The van der Waals surface area contributed by atoms with Crippen molar-refractivity contribution in [2.75, 3.05) is 5.32 Å². The first-order chi connectivity index (χ1) is 10.3. The van der Waals surface area contributed by atoms with Crippen LogP contribution in [0.15, 0.2) is 61.2 Å². The Bertz CT molecular complexity index is 692. The van der Waals surface area contributed by atoms with E-state index in [1.54, 1.807) is 6.20 Å². The van der Waals surface area contributed by atoms with E-state index >= 15 is 0 Å². The van der Waals surface area contributed by atoms with E-state index in [9.17, 15) is 0 Å². The fourth-order valence-corrected chi connectivity index (χ4v) is 2.15. The largest absolute Gasteiger partial charge is 0.378 e. The molecular formula is C16H15ClN4. The van der Waals surface area contributed by atoms with E-state index in [1.807, 2.05) is 59.7 Å². The molecule has 0 saturated carbocycles. The number of rotatable bonds is 5. The van der Waals surface area contributed by atoms with Gasteiger partial charge in [0.1, 0.15) is 0 Å². The third-order valence-corrected chi connectivity index (χ3v) is 3.36. The third kappa shape index (κ3) is 3.83. The minimum absolute atomic E-state index is 0.728. The summed E-state index contributed by atoms with van der Waals surface area (Å²) in [7, 11) is 0. The summed E-state index contributed by atoms with van der Waals surface area (Å²) in [6, 6.07) is 11.8. The highest BCUT2D eigenvalue weighted by molar-refractivity contribution is 6.30. The number of halogens is 1. The Morgan fingerprint density at radius 2 is 1.90 bits per heavy atom. The monoisotopic (exact) mass is 298 g/mol. The Balaban J connectivity index is 1.59. The molecule has 21 heavy (non-hydrogen) atoms. The molecule has 0 unspecified atom stereocenters. The van der Waals surface area contributed by atoms with Crippen molar-refractivity contribution in [1.29, 1.82) is 0 Å². The molecule has 1 aromatic carbocycles. The Labute approximate surface area is 128 Å². The minimum Gasteiger partial charge on any atom is -0.378 e. The molecule has 0 atom stereocenters. The van der Waals surface area contributed by atoms with Crippen LogP contribution < -0.4 is 5.32 Å². The predicted octanol–water partition coefficient (Wildman–Crippen LogP) is 3.59. The highest BCUT2D eigenvalue weighted by atomic mass is 35.5. The normalized spacial score (nSPS) is 10.5. The molecule has 0 spiro atoms. The van der Waals surface area contributed by atoms with Crippen molar-refractivity contribution in [3.8, 4) is 0 Å². The maximum Gasteiger partial charge on any atom is 0.0729 e. The Hall–Kier alpha value is -2.33. The Morgan fingerprint density at radius 1 is 1.05 bits per heavy atom. The Kier molecular flexibility index (Phi) is 4.17. The van der Waals surface area contributed by atoms with E-state index in [4.69, 9.17) is 11.6 Å². The van der Waals surface area contributed by atoms with Gasteiger partial charge in [0.2, 0.25) is 0 Å². The lowest BCUT2D eigenvalue weighted by atomic mass is 10.2. The molecule has 0 fully saturated rings. The summed E-state index contributed by atoms with van der Waals surface area (Å²) < 4.78 is 1.90. The van der Waals surface area contributed by atoms with Gasteiger partial charge in [-0.15, -0.1) is 0 Å². The van der Waals surface area contributed by atoms with Crippen LogP contribution >= 0.6 is 11.6 Å². The van der Waals surface area contributed by atoms with Crippen molar-refractivity contribution in [2.45, 2.75) is 13.1 Å². The van der Waals surface area contributed by atoms with Crippen molar-refractivity contribution in [3.05, 3.63) is 77.3 Å². The van der Waals surface area contributed by atoms with Crippen LogP contribution in [0.5, 0.6) is 0 Å². The fraction of sp³-hybridized carbons (Fsp3) is 0.125. The molecule has 0 aliphatic rings. The van der Waals surface area contributed by atoms with Gasteiger partial charge in [0.25, 0.3) is 0 Å². The molecule has 3 rings (SSSR count). The van der Waals surface area contributed by atoms with Gasteiger partial charge >= 0.3 is 0 Å². The lowest BCUT2D eigenvalue weighted by molar-refractivity contribution is 0.687. The molecule has 106 valence electrons. The predicted molar refractivity (Wildman–Crippen MR) is 84.3 cm³/mol. The zero-order chi connectivity index (χ0) is 14.5. The number of nitrogens with one attached hydrogen (secondary N) is 1. The smallest absolute Gasteiger partial charge is 0.0729 e. The first-order valence-electron chi connectivity index (χ1n) is 6.69. The van der Waals surface area contributed by atoms with E-state index in [-0.39, 0.29) is 0 Å². The maximum atomic E-state index is 5.88. The molecule has 0 amide bonds. The van der Waals surface area contributed by atoms with Crippen molar-refractivity contribution < 1.29 is 0 Å². The quantitative estimate of drug-likeness (QED) is 0.783. The van der Waals surface area contributed by atoms with E-state index < -0.39 is 0 Å². The fourth-order valence-electron chi connectivity index (χ4n) is 2.03. The third-order valence-electron chi connectivity index (χ3n) is 3.11. The molecule has 2 aromatic heterocycles. The molecule has 0 radical (unpaired) electrons. The van der Waals surface area contributed by atoms with Crippen LogP contribution in [0.1, 0.15) is 11.1 Å². The van der Waals surface area contributed by atoms with Gasteiger partial charge in [-0.1, -0.05) is 29.8 Å². The number of hydrogen-bond acceptors (Lipinski definition) is 3. The number of aromatic nitrogens is 3. The zero-order valence-corrected chi connectivity index (χ0v) is 12.2. The second-order valence-electron chi connectivity index (χ2n) is 4.77. The lowest BCUT2D eigenvalue weighted by Gasteiger charge is -2.03. The summed E-state index contributed by atoms with van der Waals surface area (Å²) in [6.45, 7) is 1.46. The highest BCUT2D eigenvalue weighted by Crippen LogP contribution is 2.12. The molecule has 0 aliphatic heterocycles. The van der Waals surface area contributed by atoms with Crippen molar-refractivity contribution >= 4 is 17.3 Å². The molecular weight excluding hydrogens is 284 g/mol. The van der Waals surface area contributed by atoms with E-state index in [1.165, 1.54) is 5.56 Å². The molecule has 1 N–H and O–H groups in total. The van der Waals surface area contributed by atoms with Crippen LogP contribution in [0, 0.1) is 0 Å². The summed E-state index contributed by atoms with van der Waals surface area (Å²) in [5.74, 6) is 0. The lowest BCUT2D eigenvalue weighted by Crippen LogP contribution is -2.00. The number of anilines is 1. The molecule has 3 aromatic rings. The van der Waals surface area contributed by atoms with Crippen LogP contribution in [-0.4, -0.2) is 14.8 Å². The molecule has 5 heteroatoms. The first-order valence-corrected chi connectivity index (χ1v) is 7.07. The summed E-state index contributed by atoms with van der Waals surface area (Å²) in [4.78, 5) is 4.09. The maximum absolute atomic E-state index is 5.88. The summed E-state index contributed by atoms with van der Waals surface area (Å²) in [5.41, 5.74) is 3.30. The second kappa shape index (κ2) is 6.41. The summed E-state index contributed by atoms with van der Waals surface area (Å²) >= 11 is 5.88. The molecule has 0 bridgehead atoms. The zero-order valence-electron chi connectivity index (χ0n) is 11.4. The van der Waals surface area contributed by atoms with Crippen molar-refractivity contribution in [1.82, 2.24) is 14.8 Å². The van der Waals surface area contributed by atoms with Gasteiger partial charge < -0.3 is 5.32 Å². The van der Waals surface area contributed by atoms with Gasteiger partial charge in [-0.2, -0.15) is 5.10 Å². The van der Waals surface area contributed by atoms with Crippen molar-refractivity contribution in [2.24, 2.45) is 0 Å². The highest BCUT2D eigenvalue weighted by Gasteiger charge is 2.00. The van der Waals surface area contributed by atoms with Crippen LogP contribution in [-0.2, 0) is 13.1 Å². The number of hydrogen-bond donors (Lipinski definition) is 1. The van der Waals surface area contributed by atoms with Gasteiger partial charge in [-0.25, -0.2) is 0 Å². The minimum atomic E-state index is 0.728. The van der Waals surface area contributed by atoms with Crippen LogP contribution in [0.4, 0.5) is 5.69 Å². The number of benzene rings is 1. The van der Waals surface area contributed by atoms with E-state index in [0.29, 0.717) is 0 Å². The standard InChI is InChI=1S/C16H15ClN4/c17-15-5-3-13(4-6-15)11-21-12-16(10-20-21)19-9-14-2-1-7-18-8-14/h1-8,10,12,19H,9,11H2. The average molecular weight is 299 g/mol. The van der Waals surface area contributed by atoms with E-state index in [0.717, 1.165) is 29.4 Å². The molecule has 2 heterocycles. The van der Waals surface area contributed by atoms with Crippen LogP contribution in [0.2, 0.25) is 5.02 Å². The second-order valence-corrected chi connectivity index (χ2v) is 5.20. The Morgan fingerprint density at radius 3 is 2.67 bits per heavy atom. The molecule has 0 aliphatic carbocycles. The topological polar surface area (TPSA) is 42.7 Å². The van der Waals surface area contributed by atoms with Gasteiger partial charge in [0.15, 0.2) is 0 Å². The van der Waals surface area contributed by atoms with Crippen LogP contribution in [0.3, 0.4) is 0 Å². The van der Waals surface area contributed by atoms with E-state index in [2.05, 4.69) is 15.4 Å². The van der Waals surface area contributed by atoms with Gasteiger partial charge in [0, 0.05) is 30.2 Å². The van der Waals surface area contributed by atoms with Crippen LogP contribution in [0.25, 0.3) is 0 Å². The first kappa shape index (κ1) is 13.6. The molecule has 0 saturated heterocycles. The SMILES string of the molecule is Clc1ccc(Cn2cc(NCc3cccnc3)cn2)cc1. The van der Waals surface area contributed by atoms with Gasteiger partial charge in [0.05, 0.1) is 18.4 Å². The summed E-state index contributed by atoms with van der Waals surface area (Å²) in [6.07, 6.45) is 7.44. The number of pyridine rings is 1.